The molecule has 1 saturated carbocycles. The fourth-order valence-corrected chi connectivity index (χ4v) is 2.04. The van der Waals surface area contributed by atoms with Gasteiger partial charge in [0.15, 0.2) is 0 Å². The summed E-state index contributed by atoms with van der Waals surface area (Å²) in [7, 11) is -3.41. The molecule has 3 N–H and O–H groups in total. The van der Waals surface area contributed by atoms with E-state index < -0.39 is 10.2 Å². The zero-order valence-corrected chi connectivity index (χ0v) is 7.63. The maximum Gasteiger partial charge on any atom is 0.300 e. The molecule has 1 aliphatic rings. The van der Waals surface area contributed by atoms with E-state index in [1.54, 1.807) is 6.07 Å². The van der Waals surface area contributed by atoms with E-state index in [1.807, 2.05) is 0 Å². The molecule has 0 aliphatic heterocycles. The van der Waals surface area contributed by atoms with E-state index >= 15 is 0 Å². The van der Waals surface area contributed by atoms with Gasteiger partial charge >= 0.3 is 10.2 Å². The summed E-state index contributed by atoms with van der Waals surface area (Å²) in [5, 5.41) is 6.13. The third kappa shape index (κ3) is 2.43. The first kappa shape index (κ1) is 8.52. The SMILES string of the molecule is O=S(=O)(Nc1ccn[nH]1)NC1CC1. The summed E-state index contributed by atoms with van der Waals surface area (Å²) in [6.07, 6.45) is 3.32. The molecule has 0 atom stereocenters. The van der Waals surface area contributed by atoms with Crippen LogP contribution in [0.1, 0.15) is 12.8 Å². The van der Waals surface area contributed by atoms with Crippen molar-refractivity contribution < 1.29 is 8.42 Å². The van der Waals surface area contributed by atoms with Crippen LogP contribution in [0.25, 0.3) is 0 Å². The Hall–Kier alpha value is -1.08. The Labute approximate surface area is 75.9 Å². The van der Waals surface area contributed by atoms with Crippen LogP contribution >= 0.6 is 0 Å². The van der Waals surface area contributed by atoms with Crippen LogP contribution in [0.3, 0.4) is 0 Å². The minimum absolute atomic E-state index is 0.112. The van der Waals surface area contributed by atoms with Crippen LogP contribution < -0.4 is 9.44 Å². The van der Waals surface area contributed by atoms with Crippen LogP contribution in [0.4, 0.5) is 5.82 Å². The van der Waals surface area contributed by atoms with Gasteiger partial charge in [-0.25, -0.2) is 0 Å². The van der Waals surface area contributed by atoms with Gasteiger partial charge in [-0.15, -0.1) is 0 Å². The highest BCUT2D eigenvalue weighted by Gasteiger charge is 2.26. The molecule has 7 heteroatoms. The van der Waals surface area contributed by atoms with E-state index in [4.69, 9.17) is 0 Å². The fraction of sp³-hybridized carbons (Fsp3) is 0.500. The number of aromatic nitrogens is 2. The van der Waals surface area contributed by atoms with Gasteiger partial charge in [0.25, 0.3) is 0 Å². The van der Waals surface area contributed by atoms with E-state index in [0.717, 1.165) is 12.8 Å². The molecule has 1 aromatic rings. The molecule has 0 aromatic carbocycles. The quantitative estimate of drug-likeness (QED) is 0.633. The van der Waals surface area contributed by atoms with Crippen molar-refractivity contribution in [3.05, 3.63) is 12.3 Å². The summed E-state index contributed by atoms with van der Waals surface area (Å²) in [5.41, 5.74) is 0. The fourth-order valence-electron chi connectivity index (χ4n) is 0.908. The van der Waals surface area contributed by atoms with Crippen LogP contribution in [0.15, 0.2) is 12.3 Å². The van der Waals surface area contributed by atoms with Gasteiger partial charge in [-0.05, 0) is 12.8 Å². The summed E-state index contributed by atoms with van der Waals surface area (Å²) in [6.45, 7) is 0. The van der Waals surface area contributed by atoms with Gasteiger partial charge in [0.05, 0.1) is 6.20 Å². The Morgan fingerprint density at radius 3 is 2.85 bits per heavy atom. The van der Waals surface area contributed by atoms with Gasteiger partial charge in [0.1, 0.15) is 5.82 Å². The standard InChI is InChI=1S/C6H10N4O2S/c11-13(12,9-5-1-2-5)10-6-3-4-7-8-6/h3-5,9H,1-2H2,(H2,7,8,10). The summed E-state index contributed by atoms with van der Waals surface area (Å²) >= 11 is 0. The van der Waals surface area contributed by atoms with Gasteiger partial charge in [-0.3, -0.25) is 9.82 Å². The Morgan fingerprint density at radius 1 is 1.54 bits per heavy atom. The first-order chi connectivity index (χ1) is 6.16. The van der Waals surface area contributed by atoms with Crippen LogP contribution in [0.5, 0.6) is 0 Å². The van der Waals surface area contributed by atoms with Gasteiger partial charge in [-0.1, -0.05) is 0 Å². The zero-order chi connectivity index (χ0) is 9.31. The van der Waals surface area contributed by atoms with Gasteiger partial charge < -0.3 is 0 Å². The molecule has 1 fully saturated rings. The maximum absolute atomic E-state index is 11.3. The average molecular weight is 202 g/mol. The molecule has 1 aliphatic carbocycles. The third-order valence-electron chi connectivity index (χ3n) is 1.64. The van der Waals surface area contributed by atoms with E-state index in [0.29, 0.717) is 5.82 Å². The lowest BCUT2D eigenvalue weighted by Gasteiger charge is -2.05. The highest BCUT2D eigenvalue weighted by molar-refractivity contribution is 7.90. The van der Waals surface area contributed by atoms with Crippen LogP contribution in [0, 0.1) is 0 Å². The first-order valence-electron chi connectivity index (χ1n) is 3.95. The highest BCUT2D eigenvalue weighted by atomic mass is 32.2. The van der Waals surface area contributed by atoms with Gasteiger partial charge in [-0.2, -0.15) is 18.2 Å². The molecule has 0 saturated heterocycles. The molecule has 1 heterocycles. The minimum Gasteiger partial charge on any atom is -0.262 e. The summed E-state index contributed by atoms with van der Waals surface area (Å²) in [6, 6.07) is 1.66. The van der Waals surface area contributed by atoms with Gasteiger partial charge in [0.2, 0.25) is 0 Å². The summed E-state index contributed by atoms with van der Waals surface area (Å²) < 4.78 is 27.4. The van der Waals surface area contributed by atoms with E-state index in [1.165, 1.54) is 6.20 Å². The van der Waals surface area contributed by atoms with Gasteiger partial charge in [0, 0.05) is 12.1 Å². The highest BCUT2D eigenvalue weighted by Crippen LogP contribution is 2.19. The first-order valence-corrected chi connectivity index (χ1v) is 5.43. The second-order valence-electron chi connectivity index (χ2n) is 2.97. The van der Waals surface area contributed by atoms with Crippen LogP contribution in [0.2, 0.25) is 0 Å². The number of hydrogen-bond donors (Lipinski definition) is 3. The Bertz CT molecular complexity index is 367. The zero-order valence-electron chi connectivity index (χ0n) is 6.82. The van der Waals surface area contributed by atoms with Crippen molar-refractivity contribution in [1.29, 1.82) is 0 Å². The lowest BCUT2D eigenvalue weighted by molar-refractivity contribution is 0.586. The molecule has 0 radical (unpaired) electrons. The van der Waals surface area contributed by atoms with Crippen molar-refractivity contribution in [3.63, 3.8) is 0 Å². The van der Waals surface area contributed by atoms with Crippen molar-refractivity contribution >= 4 is 16.0 Å². The molecule has 13 heavy (non-hydrogen) atoms. The number of anilines is 1. The summed E-state index contributed by atoms with van der Waals surface area (Å²) in [4.78, 5) is 0. The molecule has 1 aromatic heterocycles. The number of rotatable bonds is 4. The molecule has 72 valence electrons. The second-order valence-corrected chi connectivity index (χ2v) is 4.41. The number of nitrogens with zero attached hydrogens (tertiary/aromatic N) is 1. The smallest absolute Gasteiger partial charge is 0.262 e. The number of aromatic amines is 1. The normalized spacial score (nSPS) is 17.2. The largest absolute Gasteiger partial charge is 0.300 e. The Balaban J connectivity index is 1.99. The Kier molecular flexibility index (Phi) is 1.97. The van der Waals surface area contributed by atoms with Crippen molar-refractivity contribution in [3.8, 4) is 0 Å². The topological polar surface area (TPSA) is 86.9 Å². The number of nitrogens with one attached hydrogen (secondary N) is 3. The van der Waals surface area contributed by atoms with Crippen LogP contribution in [-0.4, -0.2) is 24.7 Å². The molecule has 0 bridgehead atoms. The number of H-pyrrole nitrogens is 1. The second kappa shape index (κ2) is 3.00. The molecule has 0 spiro atoms. The predicted octanol–water partition coefficient (Wildman–Crippen LogP) is -0.182. The van der Waals surface area contributed by atoms with E-state index in [2.05, 4.69) is 19.6 Å². The summed E-state index contributed by atoms with van der Waals surface area (Å²) in [5.74, 6) is 0.369. The van der Waals surface area contributed by atoms with Crippen molar-refractivity contribution in [2.75, 3.05) is 4.72 Å². The molecule has 0 amide bonds. The minimum atomic E-state index is -3.41. The Morgan fingerprint density at radius 2 is 2.31 bits per heavy atom. The lowest BCUT2D eigenvalue weighted by atomic mass is 10.7. The molecule has 0 unspecified atom stereocenters. The molecule has 6 nitrogen and oxygen atoms in total. The maximum atomic E-state index is 11.3. The van der Waals surface area contributed by atoms with E-state index in [-0.39, 0.29) is 6.04 Å². The molecular formula is C6H10N4O2S. The van der Waals surface area contributed by atoms with Crippen molar-refractivity contribution in [2.45, 2.75) is 18.9 Å². The molecular weight excluding hydrogens is 192 g/mol. The predicted molar refractivity (Wildman–Crippen MR) is 47.3 cm³/mol. The number of hydrogen-bond acceptors (Lipinski definition) is 3. The molecule has 2 rings (SSSR count). The van der Waals surface area contributed by atoms with Crippen molar-refractivity contribution in [2.24, 2.45) is 0 Å². The average Bonchev–Trinajstić information content (AvgIpc) is 2.64. The third-order valence-corrected chi connectivity index (χ3v) is 2.78. The lowest BCUT2D eigenvalue weighted by Crippen LogP contribution is -2.31. The monoisotopic (exact) mass is 202 g/mol. The van der Waals surface area contributed by atoms with Crippen molar-refractivity contribution in [1.82, 2.24) is 14.9 Å². The van der Waals surface area contributed by atoms with Crippen LogP contribution in [-0.2, 0) is 10.2 Å². The van der Waals surface area contributed by atoms with E-state index in [9.17, 15) is 8.42 Å².